The molecule has 1 N–H and O–H groups in total. The van der Waals surface area contributed by atoms with Crippen molar-refractivity contribution < 1.29 is 17.9 Å². The molecule has 3 heterocycles. The molecule has 3 aromatic heterocycles. The van der Waals surface area contributed by atoms with Gasteiger partial charge in [0.1, 0.15) is 11.4 Å². The van der Waals surface area contributed by atoms with E-state index in [1.165, 1.54) is 13.2 Å². The van der Waals surface area contributed by atoms with Crippen LogP contribution >= 0.6 is 11.6 Å². The van der Waals surface area contributed by atoms with Crippen LogP contribution in [0.2, 0.25) is 5.02 Å². The molecule has 0 unspecified atom stereocenters. The van der Waals surface area contributed by atoms with E-state index in [0.29, 0.717) is 34.8 Å². The monoisotopic (exact) mass is 526 g/mol. The van der Waals surface area contributed by atoms with Gasteiger partial charge in [0, 0.05) is 39.3 Å². The summed E-state index contributed by atoms with van der Waals surface area (Å²) < 4.78 is 47.8. The van der Waals surface area contributed by atoms with Gasteiger partial charge in [-0.1, -0.05) is 29.8 Å². The van der Waals surface area contributed by atoms with E-state index in [2.05, 4.69) is 20.4 Å². The molecule has 0 radical (unpaired) electrons. The number of nitrogens with zero attached hydrogens (tertiary/aromatic N) is 5. The SMILES string of the molecule is Cn1nc(Cc2ccc3nc(NCc4ccc(Oc5ccc(Cl)cn5)cc4)n(C)c3c2)cc1C(F)(F)F. The summed E-state index contributed by atoms with van der Waals surface area (Å²) in [6.07, 6.45) is -2.63. The normalized spacial score (nSPS) is 11.7. The highest BCUT2D eigenvalue weighted by molar-refractivity contribution is 6.30. The quantitative estimate of drug-likeness (QED) is 0.267. The van der Waals surface area contributed by atoms with Crippen molar-refractivity contribution in [3.8, 4) is 11.6 Å². The number of anilines is 1. The first-order valence-electron chi connectivity index (χ1n) is 11.3. The van der Waals surface area contributed by atoms with Gasteiger partial charge in [-0.3, -0.25) is 4.68 Å². The predicted octanol–water partition coefficient (Wildman–Crippen LogP) is 6.37. The Morgan fingerprint density at radius 1 is 0.973 bits per heavy atom. The van der Waals surface area contributed by atoms with Gasteiger partial charge in [-0.05, 0) is 47.5 Å². The minimum Gasteiger partial charge on any atom is -0.439 e. The van der Waals surface area contributed by atoms with Gasteiger partial charge in [0.2, 0.25) is 11.8 Å². The van der Waals surface area contributed by atoms with E-state index in [4.69, 9.17) is 16.3 Å². The third-order valence-corrected chi connectivity index (χ3v) is 6.07. The molecule has 0 bridgehead atoms. The summed E-state index contributed by atoms with van der Waals surface area (Å²) in [4.78, 5) is 8.77. The maximum atomic E-state index is 13.1. The summed E-state index contributed by atoms with van der Waals surface area (Å²) in [5.74, 6) is 1.79. The van der Waals surface area contributed by atoms with Crippen LogP contribution in [0.4, 0.5) is 19.1 Å². The molecule has 5 aromatic rings. The molecule has 7 nitrogen and oxygen atoms in total. The van der Waals surface area contributed by atoms with E-state index in [0.717, 1.165) is 32.9 Å². The summed E-state index contributed by atoms with van der Waals surface area (Å²) in [6, 6.07) is 17.7. The topological polar surface area (TPSA) is 69.8 Å². The van der Waals surface area contributed by atoms with Crippen LogP contribution in [0.25, 0.3) is 11.0 Å². The van der Waals surface area contributed by atoms with E-state index < -0.39 is 11.9 Å². The highest BCUT2D eigenvalue weighted by Crippen LogP contribution is 2.30. The number of alkyl halides is 3. The molecule has 0 atom stereocenters. The van der Waals surface area contributed by atoms with E-state index in [-0.39, 0.29) is 6.42 Å². The molecule has 0 spiro atoms. The van der Waals surface area contributed by atoms with Crippen molar-refractivity contribution >= 4 is 28.6 Å². The van der Waals surface area contributed by atoms with Crippen molar-refractivity contribution in [1.82, 2.24) is 24.3 Å². The third kappa shape index (κ3) is 5.54. The summed E-state index contributed by atoms with van der Waals surface area (Å²) >= 11 is 5.85. The lowest BCUT2D eigenvalue weighted by molar-refractivity contribution is -0.143. The Hall–Kier alpha value is -4.05. The van der Waals surface area contributed by atoms with Gasteiger partial charge in [0.25, 0.3) is 0 Å². The molecule has 0 saturated heterocycles. The number of hydrogen-bond acceptors (Lipinski definition) is 5. The van der Waals surface area contributed by atoms with Crippen molar-refractivity contribution in [2.24, 2.45) is 14.1 Å². The van der Waals surface area contributed by atoms with E-state index >= 15 is 0 Å². The summed E-state index contributed by atoms with van der Waals surface area (Å²) in [6.45, 7) is 0.539. The van der Waals surface area contributed by atoms with Gasteiger partial charge in [-0.2, -0.15) is 18.3 Å². The zero-order valence-corrected chi connectivity index (χ0v) is 20.7. The average molecular weight is 527 g/mol. The fourth-order valence-corrected chi connectivity index (χ4v) is 4.10. The zero-order valence-electron chi connectivity index (χ0n) is 19.9. The van der Waals surface area contributed by atoms with Gasteiger partial charge < -0.3 is 14.6 Å². The lowest BCUT2D eigenvalue weighted by Crippen LogP contribution is -2.11. The van der Waals surface area contributed by atoms with Crippen molar-refractivity contribution in [2.75, 3.05) is 5.32 Å². The van der Waals surface area contributed by atoms with Crippen LogP contribution < -0.4 is 10.1 Å². The fourth-order valence-electron chi connectivity index (χ4n) is 3.99. The largest absolute Gasteiger partial charge is 0.439 e. The molecule has 5 rings (SSSR count). The lowest BCUT2D eigenvalue weighted by Gasteiger charge is -2.08. The van der Waals surface area contributed by atoms with Crippen LogP contribution in [0.5, 0.6) is 11.6 Å². The Morgan fingerprint density at radius 2 is 1.73 bits per heavy atom. The molecule has 0 aliphatic heterocycles. The molecule has 0 saturated carbocycles. The number of aromatic nitrogens is 5. The maximum Gasteiger partial charge on any atom is 0.433 e. The summed E-state index contributed by atoms with van der Waals surface area (Å²) in [5.41, 5.74) is 3.11. The van der Waals surface area contributed by atoms with Crippen LogP contribution in [0.15, 0.2) is 66.9 Å². The molecular formula is C26H22ClF3N6O. The first kappa shape index (κ1) is 24.6. The Morgan fingerprint density at radius 3 is 2.41 bits per heavy atom. The summed E-state index contributed by atoms with van der Waals surface area (Å²) in [5, 5.41) is 7.90. The first-order valence-corrected chi connectivity index (χ1v) is 11.7. The molecule has 0 amide bonds. The number of nitrogens with one attached hydrogen (secondary N) is 1. The minimum absolute atomic E-state index is 0.285. The highest BCUT2D eigenvalue weighted by atomic mass is 35.5. The number of halogens is 4. The number of hydrogen-bond donors (Lipinski definition) is 1. The molecule has 190 valence electrons. The fraction of sp³-hybridized carbons (Fsp3) is 0.192. The highest BCUT2D eigenvalue weighted by Gasteiger charge is 2.34. The first-order chi connectivity index (χ1) is 17.7. The van der Waals surface area contributed by atoms with Crippen molar-refractivity contribution in [1.29, 1.82) is 0 Å². The molecule has 0 fully saturated rings. The van der Waals surface area contributed by atoms with Crippen LogP contribution in [0.1, 0.15) is 22.5 Å². The zero-order chi connectivity index (χ0) is 26.2. The second-order valence-electron chi connectivity index (χ2n) is 8.55. The second kappa shape index (κ2) is 9.78. The Labute approximate surface area is 215 Å². The van der Waals surface area contributed by atoms with Gasteiger partial charge >= 0.3 is 6.18 Å². The predicted molar refractivity (Wildman–Crippen MR) is 135 cm³/mol. The van der Waals surface area contributed by atoms with Gasteiger partial charge in [0.05, 0.1) is 21.7 Å². The van der Waals surface area contributed by atoms with Gasteiger partial charge in [0.15, 0.2) is 0 Å². The smallest absolute Gasteiger partial charge is 0.433 e. The van der Waals surface area contributed by atoms with Crippen LogP contribution in [0.3, 0.4) is 0 Å². The van der Waals surface area contributed by atoms with Crippen LogP contribution in [-0.2, 0) is 33.2 Å². The molecule has 37 heavy (non-hydrogen) atoms. The summed E-state index contributed by atoms with van der Waals surface area (Å²) in [7, 11) is 3.19. The second-order valence-corrected chi connectivity index (χ2v) is 8.99. The number of rotatable bonds is 7. The number of imidazole rings is 1. The number of fused-ring (bicyclic) bond motifs is 1. The molecule has 0 aliphatic rings. The minimum atomic E-state index is -4.44. The maximum absolute atomic E-state index is 13.1. The average Bonchev–Trinajstić information content (AvgIpc) is 3.39. The Bertz CT molecular complexity index is 1540. The Kier molecular flexibility index (Phi) is 6.51. The van der Waals surface area contributed by atoms with E-state index in [9.17, 15) is 13.2 Å². The molecule has 0 aliphatic carbocycles. The number of pyridine rings is 1. The third-order valence-electron chi connectivity index (χ3n) is 5.85. The molecular weight excluding hydrogens is 505 g/mol. The molecule has 11 heteroatoms. The Balaban J connectivity index is 1.25. The van der Waals surface area contributed by atoms with Crippen molar-refractivity contribution in [3.63, 3.8) is 0 Å². The van der Waals surface area contributed by atoms with Crippen molar-refractivity contribution in [3.05, 3.63) is 94.4 Å². The number of aryl methyl sites for hydroxylation is 2. The molecule has 2 aromatic carbocycles. The number of benzene rings is 2. The standard InChI is InChI=1S/C26H22ClF3N6O/c1-35-22-12-17(11-19-13-23(26(28,29)30)36(2)34-19)5-9-21(22)33-25(35)32-14-16-3-7-20(8-4-16)37-24-10-6-18(27)15-31-24/h3-10,12-13,15H,11,14H2,1-2H3,(H,32,33). The van der Waals surface area contributed by atoms with Crippen LogP contribution in [-0.4, -0.2) is 24.3 Å². The van der Waals surface area contributed by atoms with Crippen molar-refractivity contribution in [2.45, 2.75) is 19.1 Å². The van der Waals surface area contributed by atoms with E-state index in [1.807, 2.05) is 54.1 Å². The number of ether oxygens (including phenoxy) is 1. The van der Waals surface area contributed by atoms with Gasteiger partial charge in [-0.25, -0.2) is 9.97 Å². The van der Waals surface area contributed by atoms with Gasteiger partial charge in [-0.15, -0.1) is 0 Å². The lowest BCUT2D eigenvalue weighted by atomic mass is 10.1. The van der Waals surface area contributed by atoms with E-state index in [1.54, 1.807) is 12.1 Å². The van der Waals surface area contributed by atoms with Crippen LogP contribution in [0, 0.1) is 0 Å².